The third-order valence-corrected chi connectivity index (χ3v) is 6.90. The van der Waals surface area contributed by atoms with Gasteiger partial charge in [-0.05, 0) is 56.0 Å². The molecular weight excluding hydrogens is 336 g/mol. The van der Waals surface area contributed by atoms with Crippen LogP contribution in [0.15, 0.2) is 36.7 Å². The molecule has 5 heterocycles. The van der Waals surface area contributed by atoms with Gasteiger partial charge in [-0.3, -0.25) is 4.90 Å². The summed E-state index contributed by atoms with van der Waals surface area (Å²) in [6, 6.07) is 12.1. The normalized spacial score (nSPS) is 31.8. The molecule has 3 atom stereocenters. The molecular formula is C22H28N4O. The average molecular weight is 364 g/mol. The summed E-state index contributed by atoms with van der Waals surface area (Å²) in [5, 5.41) is 0. The van der Waals surface area contributed by atoms with E-state index in [0.717, 1.165) is 36.1 Å². The maximum absolute atomic E-state index is 5.37. The Kier molecular flexibility index (Phi) is 4.27. The minimum absolute atomic E-state index is 0.518. The Balaban J connectivity index is 1.53. The smallest absolute Gasteiger partial charge is 0.132 e. The van der Waals surface area contributed by atoms with Gasteiger partial charge in [0.1, 0.15) is 17.9 Å². The molecule has 0 amide bonds. The SMILES string of the molecule is CCc1cc(N2C[C@@H](c3ccc(OC)cc3)[C@@H]3[C@H]2C2CCN3CC2)ncn1. The Morgan fingerprint density at radius 3 is 2.56 bits per heavy atom. The molecule has 6 rings (SSSR count). The zero-order chi connectivity index (χ0) is 18.4. The highest BCUT2D eigenvalue weighted by molar-refractivity contribution is 5.47. The number of methoxy groups -OCH3 is 1. The van der Waals surface area contributed by atoms with Crippen molar-refractivity contribution in [2.75, 3.05) is 31.6 Å². The van der Waals surface area contributed by atoms with Crippen molar-refractivity contribution >= 4 is 5.82 Å². The lowest BCUT2D eigenvalue weighted by molar-refractivity contribution is 0.0354. The maximum Gasteiger partial charge on any atom is 0.132 e. The third-order valence-electron chi connectivity index (χ3n) is 6.90. The van der Waals surface area contributed by atoms with Gasteiger partial charge in [-0.15, -0.1) is 0 Å². The minimum atomic E-state index is 0.518. The van der Waals surface area contributed by atoms with Gasteiger partial charge in [0.05, 0.1) is 7.11 Å². The highest BCUT2D eigenvalue weighted by atomic mass is 16.5. The Labute approximate surface area is 161 Å². The van der Waals surface area contributed by atoms with Crippen molar-refractivity contribution in [2.24, 2.45) is 5.92 Å². The van der Waals surface area contributed by atoms with Crippen LogP contribution in [0, 0.1) is 5.92 Å². The predicted molar refractivity (Wildman–Crippen MR) is 106 cm³/mol. The Morgan fingerprint density at radius 2 is 1.85 bits per heavy atom. The molecule has 0 spiro atoms. The van der Waals surface area contributed by atoms with Crippen LogP contribution in [0.2, 0.25) is 0 Å². The summed E-state index contributed by atoms with van der Waals surface area (Å²) >= 11 is 0. The lowest BCUT2D eigenvalue weighted by Gasteiger charge is -2.51. The molecule has 2 aromatic rings. The highest BCUT2D eigenvalue weighted by Gasteiger charge is 2.53. The van der Waals surface area contributed by atoms with Crippen LogP contribution < -0.4 is 9.64 Å². The average Bonchev–Trinajstić information content (AvgIpc) is 3.18. The standard InChI is InChI=1S/C22H28N4O/c1-3-17-12-20(24-14-23-17)26-13-19(15-4-6-18(27-2)7-5-15)22-21(26)16-8-10-25(22)11-9-16/h4-7,12,14,16,19,21-22H,3,8-11,13H2,1-2H3/t19-,21+,22+/m0/s1. The second-order valence-corrected chi connectivity index (χ2v) is 8.11. The second kappa shape index (κ2) is 6.79. The first-order valence-electron chi connectivity index (χ1n) is 10.2. The third kappa shape index (κ3) is 2.80. The van der Waals surface area contributed by atoms with Gasteiger partial charge in [0, 0.05) is 36.3 Å². The summed E-state index contributed by atoms with van der Waals surface area (Å²) in [4.78, 5) is 14.4. The van der Waals surface area contributed by atoms with Crippen molar-refractivity contribution in [3.63, 3.8) is 0 Å². The predicted octanol–water partition coefficient (Wildman–Crippen LogP) is 3.11. The van der Waals surface area contributed by atoms with Crippen molar-refractivity contribution in [3.8, 4) is 5.75 Å². The zero-order valence-corrected chi connectivity index (χ0v) is 16.2. The largest absolute Gasteiger partial charge is 0.497 e. The molecule has 5 heteroatoms. The number of benzene rings is 1. The summed E-state index contributed by atoms with van der Waals surface area (Å²) in [6.45, 7) is 5.69. The summed E-state index contributed by atoms with van der Waals surface area (Å²) in [6.07, 6.45) is 5.33. The van der Waals surface area contributed by atoms with Crippen LogP contribution in [0.4, 0.5) is 5.82 Å². The van der Waals surface area contributed by atoms with Gasteiger partial charge in [0.15, 0.2) is 0 Å². The van der Waals surface area contributed by atoms with E-state index in [1.165, 1.54) is 31.5 Å². The van der Waals surface area contributed by atoms with Crippen molar-refractivity contribution in [1.29, 1.82) is 0 Å². The summed E-state index contributed by atoms with van der Waals surface area (Å²) in [7, 11) is 1.73. The fourth-order valence-electron chi connectivity index (χ4n) is 5.56. The number of hydrogen-bond acceptors (Lipinski definition) is 5. The van der Waals surface area contributed by atoms with Gasteiger partial charge in [0.25, 0.3) is 0 Å². The van der Waals surface area contributed by atoms with Crippen LogP contribution in [0.5, 0.6) is 5.75 Å². The molecule has 2 bridgehead atoms. The maximum atomic E-state index is 5.37. The number of fused-ring (bicyclic) bond motifs is 2. The van der Waals surface area contributed by atoms with E-state index < -0.39 is 0 Å². The van der Waals surface area contributed by atoms with Gasteiger partial charge in [-0.25, -0.2) is 9.97 Å². The molecule has 5 nitrogen and oxygen atoms in total. The molecule has 1 aromatic carbocycles. The Hall–Kier alpha value is -2.14. The van der Waals surface area contributed by atoms with E-state index in [9.17, 15) is 0 Å². The Bertz CT molecular complexity index is 800. The summed E-state index contributed by atoms with van der Waals surface area (Å²) < 4.78 is 5.37. The van der Waals surface area contributed by atoms with Crippen molar-refractivity contribution in [2.45, 2.75) is 44.2 Å². The van der Waals surface area contributed by atoms with E-state index in [1.54, 1.807) is 13.4 Å². The van der Waals surface area contributed by atoms with Crippen LogP contribution in [0.1, 0.15) is 36.9 Å². The number of aryl methyl sites for hydroxylation is 1. The fraction of sp³-hybridized carbons (Fsp3) is 0.545. The van der Waals surface area contributed by atoms with E-state index in [1.807, 2.05) is 0 Å². The molecule has 4 aliphatic rings. The molecule has 1 aromatic heterocycles. The van der Waals surface area contributed by atoms with Gasteiger partial charge < -0.3 is 9.64 Å². The Morgan fingerprint density at radius 1 is 1.07 bits per heavy atom. The van der Waals surface area contributed by atoms with Crippen LogP contribution in [0.25, 0.3) is 0 Å². The quantitative estimate of drug-likeness (QED) is 0.834. The van der Waals surface area contributed by atoms with Crippen LogP contribution >= 0.6 is 0 Å². The molecule has 0 aliphatic carbocycles. The molecule has 4 saturated heterocycles. The number of aromatic nitrogens is 2. The monoisotopic (exact) mass is 364 g/mol. The number of hydrogen-bond donors (Lipinski definition) is 0. The van der Waals surface area contributed by atoms with Crippen LogP contribution in [-0.4, -0.2) is 53.7 Å². The van der Waals surface area contributed by atoms with E-state index in [0.29, 0.717) is 18.0 Å². The fourth-order valence-corrected chi connectivity index (χ4v) is 5.56. The van der Waals surface area contributed by atoms with Crippen molar-refractivity contribution in [3.05, 3.63) is 47.9 Å². The minimum Gasteiger partial charge on any atom is -0.497 e. The summed E-state index contributed by atoms with van der Waals surface area (Å²) in [5.74, 6) is 3.34. The molecule has 0 saturated carbocycles. The van der Waals surface area contributed by atoms with Crippen molar-refractivity contribution < 1.29 is 4.74 Å². The first-order chi connectivity index (χ1) is 13.3. The van der Waals surface area contributed by atoms with Gasteiger partial charge in [0.2, 0.25) is 0 Å². The molecule has 0 N–H and O–H groups in total. The van der Waals surface area contributed by atoms with Crippen LogP contribution in [-0.2, 0) is 6.42 Å². The number of ether oxygens (including phenoxy) is 1. The van der Waals surface area contributed by atoms with Gasteiger partial charge in [-0.1, -0.05) is 19.1 Å². The van der Waals surface area contributed by atoms with Gasteiger partial charge >= 0.3 is 0 Å². The number of nitrogens with zero attached hydrogens (tertiary/aromatic N) is 4. The van der Waals surface area contributed by atoms with E-state index >= 15 is 0 Å². The van der Waals surface area contributed by atoms with E-state index in [2.05, 4.69) is 57.0 Å². The molecule has 4 fully saturated rings. The van der Waals surface area contributed by atoms with Crippen LogP contribution in [0.3, 0.4) is 0 Å². The topological polar surface area (TPSA) is 41.5 Å². The zero-order valence-electron chi connectivity index (χ0n) is 16.2. The molecule has 27 heavy (non-hydrogen) atoms. The number of rotatable bonds is 4. The van der Waals surface area contributed by atoms with Gasteiger partial charge in [-0.2, -0.15) is 0 Å². The second-order valence-electron chi connectivity index (χ2n) is 8.11. The lowest BCUT2D eigenvalue weighted by Crippen LogP contribution is -2.60. The molecule has 142 valence electrons. The number of piperidine rings is 3. The van der Waals surface area contributed by atoms with Crippen molar-refractivity contribution in [1.82, 2.24) is 14.9 Å². The summed E-state index contributed by atoms with van der Waals surface area (Å²) in [5.41, 5.74) is 2.55. The first-order valence-corrected chi connectivity index (χ1v) is 10.2. The molecule has 4 aliphatic heterocycles. The highest BCUT2D eigenvalue weighted by Crippen LogP contribution is 2.47. The molecule has 0 unspecified atom stereocenters. The number of anilines is 1. The lowest BCUT2D eigenvalue weighted by atomic mass is 9.75. The first kappa shape index (κ1) is 17.0. The van der Waals surface area contributed by atoms with E-state index in [4.69, 9.17) is 4.74 Å². The van der Waals surface area contributed by atoms with E-state index in [-0.39, 0.29) is 0 Å². The molecule has 0 radical (unpaired) electrons.